The fourth-order valence-corrected chi connectivity index (χ4v) is 13.9. The highest BCUT2D eigenvalue weighted by Gasteiger charge is 2.51. The van der Waals surface area contributed by atoms with Crippen LogP contribution in [0.1, 0.15) is 38.8 Å². The summed E-state index contributed by atoms with van der Waals surface area (Å²) in [5.74, 6) is 3.07. The number of aromatic nitrogens is 6. The number of fused-ring (bicyclic) bond motifs is 10. The Kier molecular flexibility index (Phi) is 15.8. The van der Waals surface area contributed by atoms with Gasteiger partial charge in [-0.1, -0.05) is 267 Å². The smallest absolute Gasteiger partial charge is 0.456 e. The van der Waals surface area contributed by atoms with Crippen LogP contribution in [-0.2, 0) is 15.7 Å². The second-order valence-corrected chi connectivity index (χ2v) is 26.9. The van der Waals surface area contributed by atoms with E-state index in [1.54, 1.807) is 0 Å². The molecule has 0 spiro atoms. The van der Waals surface area contributed by atoms with Gasteiger partial charge in [0.15, 0.2) is 29.1 Å². The van der Waals surface area contributed by atoms with E-state index < -0.39 is 0 Å². The lowest BCUT2D eigenvalue weighted by Gasteiger charge is -2.32. The van der Waals surface area contributed by atoms with Crippen LogP contribution in [0.2, 0.25) is 5.28 Å². The number of halogens is 1. The van der Waals surface area contributed by atoms with Crippen molar-refractivity contribution in [2.45, 2.75) is 45.3 Å². The molecule has 1 aliphatic carbocycles. The van der Waals surface area contributed by atoms with Gasteiger partial charge < -0.3 is 13.7 Å². The Morgan fingerprint density at radius 1 is 0.310 bits per heavy atom. The maximum Gasteiger partial charge on any atom is 0.494 e. The van der Waals surface area contributed by atoms with E-state index in [0.717, 1.165) is 94.3 Å². The predicted molar refractivity (Wildman–Crippen MR) is 410 cm³/mol. The second-order valence-electron chi connectivity index (χ2n) is 26.5. The van der Waals surface area contributed by atoms with E-state index in [1.807, 2.05) is 60.7 Å². The van der Waals surface area contributed by atoms with Gasteiger partial charge in [0, 0.05) is 38.6 Å². The normalized spacial score (nSPS) is 13.5. The molecule has 478 valence electrons. The van der Waals surface area contributed by atoms with Crippen LogP contribution in [-0.4, -0.2) is 48.2 Å². The van der Waals surface area contributed by atoms with Gasteiger partial charge in [-0.15, -0.1) is 0 Å². The minimum atomic E-state index is -0.319. The van der Waals surface area contributed by atoms with Crippen molar-refractivity contribution < 1.29 is 13.7 Å². The van der Waals surface area contributed by atoms with Crippen LogP contribution < -0.4 is 5.46 Å². The zero-order valence-electron chi connectivity index (χ0n) is 55.4. The molecule has 100 heavy (non-hydrogen) atoms. The Labute approximate surface area is 584 Å². The zero-order chi connectivity index (χ0) is 67.5. The number of hydrogen-bond acceptors (Lipinski definition) is 9. The molecular weight excluding hydrogens is 1250 g/mol. The Morgan fingerprint density at radius 2 is 0.670 bits per heavy atom. The third-order valence-electron chi connectivity index (χ3n) is 19.7. The van der Waals surface area contributed by atoms with Gasteiger partial charge in [-0.2, -0.15) is 9.97 Å². The predicted octanol–water partition coefficient (Wildman–Crippen LogP) is 22.1. The van der Waals surface area contributed by atoms with Crippen molar-refractivity contribution in [2.24, 2.45) is 0 Å². The average molecular weight is 1310 g/mol. The molecule has 0 unspecified atom stereocenters. The van der Waals surface area contributed by atoms with Crippen molar-refractivity contribution in [1.29, 1.82) is 0 Å². The van der Waals surface area contributed by atoms with Crippen molar-refractivity contribution in [3.8, 4) is 90.3 Å². The number of rotatable bonds is 8. The molecule has 0 radical (unpaired) electrons. The lowest BCUT2D eigenvalue weighted by Crippen LogP contribution is -2.41. The highest BCUT2D eigenvalue weighted by atomic mass is 35.5. The molecule has 1 aliphatic heterocycles. The molecule has 11 heteroatoms. The summed E-state index contributed by atoms with van der Waals surface area (Å²) in [6.45, 7) is 8.36. The van der Waals surface area contributed by atoms with Gasteiger partial charge in [-0.05, 0) is 175 Å². The van der Waals surface area contributed by atoms with Crippen molar-refractivity contribution in [2.75, 3.05) is 0 Å². The molecule has 0 N–H and O–H groups in total. The van der Waals surface area contributed by atoms with E-state index in [0.29, 0.717) is 29.1 Å². The molecule has 4 heterocycles. The first-order chi connectivity index (χ1) is 48.9. The quantitative estimate of drug-likeness (QED) is 0.137. The van der Waals surface area contributed by atoms with Crippen molar-refractivity contribution in [3.63, 3.8) is 0 Å². The lowest BCUT2D eigenvalue weighted by atomic mass is 9.78. The minimum Gasteiger partial charge on any atom is -0.456 e. The van der Waals surface area contributed by atoms with Crippen molar-refractivity contribution >= 4 is 89.2 Å². The third-order valence-corrected chi connectivity index (χ3v) is 19.9. The van der Waals surface area contributed by atoms with Gasteiger partial charge in [-0.25, -0.2) is 19.9 Å². The Hall–Kier alpha value is -11.8. The van der Waals surface area contributed by atoms with Crippen LogP contribution in [0.5, 0.6) is 0 Å². The van der Waals surface area contributed by atoms with Gasteiger partial charge in [0.05, 0.1) is 11.2 Å². The van der Waals surface area contributed by atoms with Gasteiger partial charge in [0.1, 0.15) is 11.2 Å². The first-order valence-electron chi connectivity index (χ1n) is 33.7. The summed E-state index contributed by atoms with van der Waals surface area (Å²) < 4.78 is 18.5. The van der Waals surface area contributed by atoms with E-state index in [4.69, 9.17) is 40.3 Å². The van der Waals surface area contributed by atoms with Gasteiger partial charge in [0.25, 0.3) is 0 Å². The molecule has 0 saturated carbocycles. The Bertz CT molecular complexity index is 5800. The maximum absolute atomic E-state index is 6.22. The largest absolute Gasteiger partial charge is 0.494 e. The molecule has 1 saturated heterocycles. The summed E-state index contributed by atoms with van der Waals surface area (Å²) in [7, 11) is -0.318. The van der Waals surface area contributed by atoms with E-state index in [2.05, 4.69) is 285 Å². The lowest BCUT2D eigenvalue weighted by molar-refractivity contribution is 0.00578. The first kappa shape index (κ1) is 61.8. The summed E-state index contributed by atoms with van der Waals surface area (Å²) in [6, 6.07) is 105. The van der Waals surface area contributed by atoms with Crippen molar-refractivity contribution in [3.05, 3.63) is 320 Å². The molecule has 0 bridgehead atoms. The summed E-state index contributed by atoms with van der Waals surface area (Å²) in [5.41, 5.74) is 17.2. The Balaban J connectivity index is 0.000000118. The molecular formula is C89H64BClN6O3. The van der Waals surface area contributed by atoms with E-state index >= 15 is 0 Å². The summed E-state index contributed by atoms with van der Waals surface area (Å²) in [4.78, 5) is 28.4. The van der Waals surface area contributed by atoms with Crippen LogP contribution in [0, 0.1) is 0 Å². The van der Waals surface area contributed by atoms with Crippen LogP contribution in [0.15, 0.2) is 308 Å². The van der Waals surface area contributed by atoms with Crippen molar-refractivity contribution in [1.82, 2.24) is 29.9 Å². The van der Waals surface area contributed by atoms with Gasteiger partial charge in [0.2, 0.25) is 5.28 Å². The Morgan fingerprint density at radius 3 is 1.19 bits per heavy atom. The fraction of sp³-hybridized carbons (Fsp3) is 0.0787. The molecule has 0 amide bonds. The number of para-hydroxylation sites is 1. The summed E-state index contributed by atoms with van der Waals surface area (Å²) >= 11 is 6.22. The summed E-state index contributed by atoms with van der Waals surface area (Å²) in [6.07, 6.45) is 1.02. The topological polar surface area (TPSA) is 109 Å². The second kappa shape index (κ2) is 25.6. The molecule has 3 aromatic heterocycles. The molecule has 9 nitrogen and oxygen atoms in total. The summed E-state index contributed by atoms with van der Waals surface area (Å²) in [5, 5.41) is 11.7. The van der Waals surface area contributed by atoms with Gasteiger partial charge in [-0.3, -0.25) is 0 Å². The first-order valence-corrected chi connectivity index (χ1v) is 34.1. The van der Waals surface area contributed by atoms with E-state index in [-0.39, 0.29) is 23.6 Å². The molecule has 17 aromatic rings. The van der Waals surface area contributed by atoms with Crippen LogP contribution in [0.25, 0.3) is 155 Å². The number of hydrogen-bond donors (Lipinski definition) is 0. The molecule has 19 rings (SSSR count). The third kappa shape index (κ3) is 11.9. The van der Waals surface area contributed by atoms with Crippen LogP contribution in [0.4, 0.5) is 0 Å². The maximum atomic E-state index is 6.22. The number of furan rings is 1. The monoisotopic (exact) mass is 1310 g/mol. The molecule has 14 aromatic carbocycles. The van der Waals surface area contributed by atoms with Crippen LogP contribution in [0.3, 0.4) is 0 Å². The molecule has 2 aliphatic rings. The highest BCUT2D eigenvalue weighted by molar-refractivity contribution is 6.62. The average Bonchev–Trinajstić information content (AvgIpc) is 1.57. The number of nitrogens with zero attached hydrogens (tertiary/aromatic N) is 6. The number of benzene rings is 14. The standard InChI is InChI=1S/C41H25N3O.C25H25BO2.C23H14ClN3/c1-3-10-30-24-32(22-16-26(30)8-1)40-42-39(43-41(44-40)33-23-17-27-9-2-4-11-31(27)25-33)29-20-18-28(19-21-29)34-13-7-15-37-38(34)35-12-5-6-14-36(35)45-37;1-24(2)25(3,4)28-26(27-24)20-14-12-17(13-15-20)21-11-7-9-19-16-18-8-5-6-10-22(18)23(19)21;24-23-26-21(19-11-9-15-5-1-3-7-17(15)13-19)25-22(27-23)20-12-10-16-6-2-4-8-18(16)14-20/h1-25H;5-15H,16H2,1-4H3;1-14H. The van der Waals surface area contributed by atoms with E-state index in [9.17, 15) is 0 Å². The fourth-order valence-electron chi connectivity index (χ4n) is 13.7. The van der Waals surface area contributed by atoms with Gasteiger partial charge >= 0.3 is 7.12 Å². The minimum absolute atomic E-state index is 0.191. The van der Waals surface area contributed by atoms with E-state index in [1.165, 1.54) is 54.9 Å². The molecule has 1 fully saturated rings. The zero-order valence-corrected chi connectivity index (χ0v) is 56.2. The highest BCUT2D eigenvalue weighted by Crippen LogP contribution is 2.44. The molecule has 0 atom stereocenters. The van der Waals surface area contributed by atoms with Crippen LogP contribution >= 0.6 is 11.6 Å². The SMILES string of the molecule is CC1(C)OB(c2ccc(-c3cccc4c3-c3ccccc3C4)cc2)OC1(C)C.Clc1nc(-c2ccc3ccccc3c2)nc(-c2ccc3ccccc3c2)n1.c1ccc2cc(-c3nc(-c4ccc(-c5cccc6oc7ccccc7c56)cc4)nc(-c4ccc5ccccc5c4)n3)ccc2c1.